The van der Waals surface area contributed by atoms with E-state index in [9.17, 15) is 27.9 Å². The van der Waals surface area contributed by atoms with Gasteiger partial charge in [0.1, 0.15) is 10.7 Å². The number of halogens is 3. The number of amides is 1. The van der Waals surface area contributed by atoms with E-state index in [0.717, 1.165) is 33.5 Å². The van der Waals surface area contributed by atoms with Crippen molar-refractivity contribution in [1.82, 2.24) is 14.8 Å². The van der Waals surface area contributed by atoms with E-state index < -0.39 is 17.7 Å². The van der Waals surface area contributed by atoms with E-state index in [1.165, 1.54) is 17.4 Å². The number of pyridine rings is 1. The lowest BCUT2D eigenvalue weighted by Crippen LogP contribution is -2.59. The molecule has 3 aromatic rings. The number of thiophene rings is 1. The van der Waals surface area contributed by atoms with Gasteiger partial charge in [-0.25, -0.2) is 9.78 Å². The summed E-state index contributed by atoms with van der Waals surface area (Å²) in [5.41, 5.74) is 1.41. The summed E-state index contributed by atoms with van der Waals surface area (Å²) in [6.07, 6.45) is -0.774. The molecule has 1 N–H and O–H groups in total. The molecule has 2 atom stereocenters. The van der Waals surface area contributed by atoms with E-state index in [0.29, 0.717) is 43.3 Å². The molecule has 2 aliphatic heterocycles. The molecule has 2 unspecified atom stereocenters. The first-order valence-electron chi connectivity index (χ1n) is 12.8. The van der Waals surface area contributed by atoms with Crippen LogP contribution in [-0.2, 0) is 11.0 Å². The van der Waals surface area contributed by atoms with Crippen LogP contribution in [-0.4, -0.2) is 76.6 Å². The van der Waals surface area contributed by atoms with Crippen molar-refractivity contribution in [2.75, 3.05) is 37.6 Å². The number of benzene rings is 1. The van der Waals surface area contributed by atoms with E-state index in [1.54, 1.807) is 6.07 Å². The van der Waals surface area contributed by atoms with Crippen LogP contribution in [0, 0.1) is 0 Å². The molecule has 2 aliphatic rings. The number of rotatable bonds is 5. The van der Waals surface area contributed by atoms with Crippen molar-refractivity contribution in [2.45, 2.75) is 38.5 Å². The molecule has 5 rings (SSSR count). The fourth-order valence-electron chi connectivity index (χ4n) is 5.36. The Kier molecular flexibility index (Phi) is 7.39. The number of aromatic carboxylic acids is 1. The Hall–Kier alpha value is -3.44. The summed E-state index contributed by atoms with van der Waals surface area (Å²) in [5, 5.41) is 10.2. The zero-order valence-electron chi connectivity index (χ0n) is 21.6. The summed E-state index contributed by atoms with van der Waals surface area (Å²) in [5.74, 6) is -0.379. The Morgan fingerprint density at radius 1 is 1.10 bits per heavy atom. The molecule has 7 nitrogen and oxygen atoms in total. The molecule has 0 saturated carbocycles. The van der Waals surface area contributed by atoms with E-state index >= 15 is 0 Å². The summed E-state index contributed by atoms with van der Waals surface area (Å²) in [6.45, 7) is 6.55. The summed E-state index contributed by atoms with van der Waals surface area (Å²) >= 11 is 1.26. The largest absolute Gasteiger partial charge is 0.477 e. The fraction of sp³-hybridized carbons (Fsp3) is 0.393. The second-order valence-electron chi connectivity index (χ2n) is 10.2. The first-order chi connectivity index (χ1) is 18.5. The SMILES string of the molecule is CC1CN(c2ccc(C(F)(F)F)cn2)CC(C)N1CC(=O)N1CC=C(c2ccc3sc(C(=O)O)cc3c2)CC1. The maximum Gasteiger partial charge on any atom is 0.417 e. The normalized spacial score (nSPS) is 20.8. The second-order valence-corrected chi connectivity index (χ2v) is 11.2. The molecule has 206 valence electrons. The lowest BCUT2D eigenvalue weighted by Gasteiger charge is -2.45. The molecule has 0 aliphatic carbocycles. The number of nitrogens with zero attached hydrogens (tertiary/aromatic N) is 4. The average molecular weight is 559 g/mol. The van der Waals surface area contributed by atoms with Gasteiger partial charge in [0, 0.05) is 49.2 Å². The number of carboxylic acid groups (broad SMARTS) is 1. The number of carboxylic acids is 1. The highest BCUT2D eigenvalue weighted by molar-refractivity contribution is 7.20. The predicted octanol–water partition coefficient (Wildman–Crippen LogP) is 5.23. The first kappa shape index (κ1) is 27.1. The van der Waals surface area contributed by atoms with Crippen molar-refractivity contribution in [3.8, 4) is 0 Å². The van der Waals surface area contributed by atoms with Crippen molar-refractivity contribution < 1.29 is 27.9 Å². The van der Waals surface area contributed by atoms with Gasteiger partial charge in [0.15, 0.2) is 0 Å². The summed E-state index contributed by atoms with van der Waals surface area (Å²) in [7, 11) is 0. The van der Waals surface area contributed by atoms with Gasteiger partial charge in [0.2, 0.25) is 5.91 Å². The zero-order valence-corrected chi connectivity index (χ0v) is 22.4. The van der Waals surface area contributed by atoms with Crippen molar-refractivity contribution in [3.63, 3.8) is 0 Å². The molecule has 4 heterocycles. The summed E-state index contributed by atoms with van der Waals surface area (Å²) in [4.78, 5) is 34.8. The van der Waals surface area contributed by atoms with Crippen molar-refractivity contribution in [3.05, 3.63) is 64.7 Å². The fourth-order valence-corrected chi connectivity index (χ4v) is 6.24. The van der Waals surface area contributed by atoms with Crippen LogP contribution < -0.4 is 4.90 Å². The number of alkyl halides is 3. The molecular weight excluding hydrogens is 529 g/mol. The van der Waals surface area contributed by atoms with Crippen molar-refractivity contribution in [2.24, 2.45) is 0 Å². The van der Waals surface area contributed by atoms with Crippen LogP contribution in [0.1, 0.15) is 41.1 Å². The number of aromatic nitrogens is 1. The van der Waals surface area contributed by atoms with Crippen LogP contribution in [0.15, 0.2) is 48.7 Å². The van der Waals surface area contributed by atoms with Crippen LogP contribution in [0.3, 0.4) is 0 Å². The highest BCUT2D eigenvalue weighted by Crippen LogP contribution is 2.32. The van der Waals surface area contributed by atoms with E-state index in [4.69, 9.17) is 0 Å². The number of carbonyl (C=O) groups is 2. The van der Waals surface area contributed by atoms with Crippen LogP contribution in [0.4, 0.5) is 19.0 Å². The van der Waals surface area contributed by atoms with Gasteiger partial charge in [0.25, 0.3) is 0 Å². The van der Waals surface area contributed by atoms with Crippen LogP contribution in [0.25, 0.3) is 15.7 Å². The zero-order chi connectivity index (χ0) is 27.9. The highest BCUT2D eigenvalue weighted by atomic mass is 32.1. The van der Waals surface area contributed by atoms with Crippen LogP contribution in [0.2, 0.25) is 0 Å². The Balaban J connectivity index is 1.19. The van der Waals surface area contributed by atoms with Gasteiger partial charge in [-0.3, -0.25) is 9.69 Å². The Morgan fingerprint density at radius 2 is 1.85 bits per heavy atom. The minimum atomic E-state index is -4.42. The molecule has 11 heteroatoms. The van der Waals surface area contributed by atoms with E-state index in [2.05, 4.69) is 16.0 Å². The van der Waals surface area contributed by atoms with Crippen LogP contribution >= 0.6 is 11.3 Å². The van der Waals surface area contributed by atoms with Gasteiger partial charge in [-0.15, -0.1) is 11.3 Å². The van der Waals surface area contributed by atoms with Gasteiger partial charge >= 0.3 is 12.1 Å². The van der Waals surface area contributed by atoms with Crippen molar-refractivity contribution >= 4 is 44.7 Å². The van der Waals surface area contributed by atoms with Gasteiger partial charge in [-0.05, 0) is 67.1 Å². The minimum Gasteiger partial charge on any atom is -0.477 e. The predicted molar refractivity (Wildman–Crippen MR) is 145 cm³/mol. The molecule has 0 spiro atoms. The molecule has 1 amide bonds. The molecular formula is C28H29F3N4O3S. The van der Waals surface area contributed by atoms with Gasteiger partial charge in [-0.1, -0.05) is 12.1 Å². The van der Waals surface area contributed by atoms with Crippen molar-refractivity contribution in [1.29, 1.82) is 0 Å². The molecule has 0 bridgehead atoms. The lowest BCUT2D eigenvalue weighted by molar-refractivity contribution is -0.137. The topological polar surface area (TPSA) is 77.0 Å². The third-order valence-corrected chi connectivity index (χ3v) is 8.58. The molecule has 1 aromatic carbocycles. The molecule has 2 aromatic heterocycles. The summed E-state index contributed by atoms with van der Waals surface area (Å²) in [6, 6.07) is 10.2. The second kappa shape index (κ2) is 10.6. The monoisotopic (exact) mass is 558 g/mol. The van der Waals surface area contributed by atoms with E-state index in [-0.39, 0.29) is 24.5 Å². The minimum absolute atomic E-state index is 0.0192. The maximum absolute atomic E-state index is 13.2. The van der Waals surface area contributed by atoms with E-state index in [1.807, 2.05) is 41.8 Å². The smallest absolute Gasteiger partial charge is 0.417 e. The Morgan fingerprint density at radius 3 is 2.44 bits per heavy atom. The number of hydrogen-bond acceptors (Lipinski definition) is 6. The maximum atomic E-state index is 13.2. The van der Waals surface area contributed by atoms with Gasteiger partial charge in [-0.2, -0.15) is 13.2 Å². The number of fused-ring (bicyclic) bond motifs is 1. The Bertz CT molecular complexity index is 1410. The Labute approximate surface area is 228 Å². The molecule has 1 saturated heterocycles. The number of piperazine rings is 1. The third-order valence-electron chi connectivity index (χ3n) is 7.48. The molecule has 0 radical (unpaired) electrons. The highest BCUT2D eigenvalue weighted by Gasteiger charge is 2.34. The number of carbonyl (C=O) groups excluding carboxylic acids is 1. The number of anilines is 1. The molecule has 39 heavy (non-hydrogen) atoms. The standard InChI is InChI=1S/C28H29F3N4O3S/c1-17-14-34(25-6-4-22(13-32-25)28(29,30)31)15-18(2)35(17)16-26(36)33-9-7-19(8-10-33)20-3-5-23-21(11-20)12-24(39-23)27(37)38/h3-7,11-13,17-18H,8-10,14-16H2,1-2H3,(H,37,38). The lowest BCUT2D eigenvalue weighted by atomic mass is 9.98. The number of hydrogen-bond donors (Lipinski definition) is 1. The first-order valence-corrected chi connectivity index (χ1v) is 13.6. The third kappa shape index (κ3) is 5.79. The molecule has 1 fully saturated rings. The average Bonchev–Trinajstić information content (AvgIpc) is 3.34. The quantitative estimate of drug-likeness (QED) is 0.462. The van der Waals surface area contributed by atoms with Gasteiger partial charge in [0.05, 0.1) is 12.1 Å². The van der Waals surface area contributed by atoms with Crippen LogP contribution in [0.5, 0.6) is 0 Å². The summed E-state index contributed by atoms with van der Waals surface area (Å²) < 4.78 is 39.6. The van der Waals surface area contributed by atoms with Gasteiger partial charge < -0.3 is 14.9 Å².